The van der Waals surface area contributed by atoms with Crippen molar-refractivity contribution in [2.45, 2.75) is 19.5 Å². The predicted molar refractivity (Wildman–Crippen MR) is 69.2 cm³/mol. The van der Waals surface area contributed by atoms with Gasteiger partial charge in [0, 0.05) is 13.1 Å². The molecule has 0 fully saturated rings. The summed E-state index contributed by atoms with van der Waals surface area (Å²) in [6.07, 6.45) is 1.18. The van der Waals surface area contributed by atoms with Crippen LogP contribution in [0.4, 0.5) is 0 Å². The van der Waals surface area contributed by atoms with Gasteiger partial charge in [-0.1, -0.05) is 24.3 Å². The average molecular weight is 221 g/mol. The van der Waals surface area contributed by atoms with Crippen molar-refractivity contribution in [2.75, 3.05) is 27.2 Å². The largest absolute Gasteiger partial charge is 0.326 e. The number of nitrogens with one attached hydrogen (secondary N) is 1. The second kappa shape index (κ2) is 7.39. The van der Waals surface area contributed by atoms with Crippen LogP contribution in [0.3, 0.4) is 0 Å². The zero-order chi connectivity index (χ0) is 11.8. The maximum absolute atomic E-state index is 5.60. The van der Waals surface area contributed by atoms with Gasteiger partial charge >= 0.3 is 0 Å². The lowest BCUT2D eigenvalue weighted by molar-refractivity contribution is 0.394. The number of nitrogens with two attached hydrogens (primary N) is 1. The minimum atomic E-state index is 0.620. The van der Waals surface area contributed by atoms with E-state index in [9.17, 15) is 0 Å². The Kier molecular flexibility index (Phi) is 6.08. The first kappa shape index (κ1) is 13.2. The smallest absolute Gasteiger partial charge is 0.0205 e. The van der Waals surface area contributed by atoms with Gasteiger partial charge in [-0.2, -0.15) is 0 Å². The molecule has 0 amide bonds. The van der Waals surface area contributed by atoms with Crippen LogP contribution in [0.5, 0.6) is 0 Å². The monoisotopic (exact) mass is 221 g/mol. The van der Waals surface area contributed by atoms with Crippen LogP contribution < -0.4 is 11.1 Å². The van der Waals surface area contributed by atoms with E-state index in [0.717, 1.165) is 19.6 Å². The number of nitrogens with zero attached hydrogens (tertiary/aromatic N) is 1. The molecule has 90 valence electrons. The SMILES string of the molecule is CN(C)CCCNCc1cccc(CN)c1. The zero-order valence-corrected chi connectivity index (χ0v) is 10.4. The highest BCUT2D eigenvalue weighted by Gasteiger charge is 1.95. The van der Waals surface area contributed by atoms with Gasteiger partial charge in [0.15, 0.2) is 0 Å². The molecule has 0 saturated carbocycles. The molecular formula is C13H23N3. The average Bonchev–Trinajstić information content (AvgIpc) is 2.28. The van der Waals surface area contributed by atoms with Crippen LogP contribution >= 0.6 is 0 Å². The first-order valence-electron chi connectivity index (χ1n) is 5.85. The van der Waals surface area contributed by atoms with E-state index in [1.165, 1.54) is 17.5 Å². The van der Waals surface area contributed by atoms with Gasteiger partial charge in [0.05, 0.1) is 0 Å². The quantitative estimate of drug-likeness (QED) is 0.680. The van der Waals surface area contributed by atoms with Gasteiger partial charge in [-0.3, -0.25) is 0 Å². The summed E-state index contributed by atoms with van der Waals surface area (Å²) in [5, 5.41) is 3.44. The second-order valence-corrected chi connectivity index (χ2v) is 4.36. The van der Waals surface area contributed by atoms with Gasteiger partial charge in [-0.15, -0.1) is 0 Å². The van der Waals surface area contributed by atoms with Crippen LogP contribution in [0, 0.1) is 0 Å². The molecule has 0 atom stereocenters. The lowest BCUT2D eigenvalue weighted by Crippen LogP contribution is -2.21. The molecule has 0 bridgehead atoms. The molecule has 3 N–H and O–H groups in total. The molecule has 0 aliphatic rings. The van der Waals surface area contributed by atoms with Crippen molar-refractivity contribution in [3.8, 4) is 0 Å². The standard InChI is InChI=1S/C13H23N3/c1-16(2)8-4-7-15-11-13-6-3-5-12(9-13)10-14/h3,5-6,9,15H,4,7-8,10-11,14H2,1-2H3. The molecule has 1 aromatic rings. The molecule has 0 spiro atoms. The Morgan fingerprint density at radius 3 is 2.69 bits per heavy atom. The van der Waals surface area contributed by atoms with Crippen LogP contribution in [0.1, 0.15) is 17.5 Å². The molecule has 0 radical (unpaired) electrons. The Labute approximate surface area is 98.6 Å². The van der Waals surface area contributed by atoms with Gasteiger partial charge in [0.25, 0.3) is 0 Å². The normalized spacial score (nSPS) is 11.0. The fraction of sp³-hybridized carbons (Fsp3) is 0.538. The van der Waals surface area contributed by atoms with Crippen LogP contribution in [-0.2, 0) is 13.1 Å². The van der Waals surface area contributed by atoms with Crippen molar-refractivity contribution in [1.29, 1.82) is 0 Å². The highest BCUT2D eigenvalue weighted by atomic mass is 15.0. The van der Waals surface area contributed by atoms with Crippen LogP contribution in [0.2, 0.25) is 0 Å². The molecule has 3 heteroatoms. The summed E-state index contributed by atoms with van der Waals surface area (Å²) < 4.78 is 0. The molecule has 16 heavy (non-hydrogen) atoms. The van der Waals surface area contributed by atoms with Crippen LogP contribution in [-0.4, -0.2) is 32.1 Å². The summed E-state index contributed by atoms with van der Waals surface area (Å²) in [7, 11) is 4.20. The Balaban J connectivity index is 2.21. The third-order valence-electron chi connectivity index (χ3n) is 2.52. The van der Waals surface area contributed by atoms with Crippen LogP contribution in [0.25, 0.3) is 0 Å². The number of hydrogen-bond acceptors (Lipinski definition) is 3. The fourth-order valence-electron chi connectivity index (χ4n) is 1.62. The Bertz CT molecular complexity index is 297. The van der Waals surface area contributed by atoms with Crippen molar-refractivity contribution in [3.05, 3.63) is 35.4 Å². The molecule has 0 unspecified atom stereocenters. The van der Waals surface area contributed by atoms with Crippen molar-refractivity contribution < 1.29 is 0 Å². The molecule has 0 aliphatic carbocycles. The lowest BCUT2D eigenvalue weighted by Gasteiger charge is -2.10. The highest BCUT2D eigenvalue weighted by Crippen LogP contribution is 2.03. The molecule has 0 aliphatic heterocycles. The molecular weight excluding hydrogens is 198 g/mol. The summed E-state index contributed by atoms with van der Waals surface area (Å²) in [4.78, 5) is 2.21. The minimum Gasteiger partial charge on any atom is -0.326 e. The fourth-order valence-corrected chi connectivity index (χ4v) is 1.62. The summed E-state index contributed by atoms with van der Waals surface area (Å²) in [5.74, 6) is 0. The van der Waals surface area contributed by atoms with Gasteiger partial charge in [0.2, 0.25) is 0 Å². The Hall–Kier alpha value is -0.900. The first-order chi connectivity index (χ1) is 7.72. The summed E-state index contributed by atoms with van der Waals surface area (Å²) in [6.45, 7) is 3.75. The molecule has 1 aromatic carbocycles. The maximum atomic E-state index is 5.60. The van der Waals surface area contributed by atoms with E-state index in [4.69, 9.17) is 5.73 Å². The van der Waals surface area contributed by atoms with E-state index in [0.29, 0.717) is 6.54 Å². The molecule has 0 heterocycles. The third-order valence-corrected chi connectivity index (χ3v) is 2.52. The number of rotatable bonds is 7. The van der Waals surface area contributed by atoms with Gasteiger partial charge in [-0.05, 0) is 44.7 Å². The van der Waals surface area contributed by atoms with Crippen molar-refractivity contribution in [3.63, 3.8) is 0 Å². The molecule has 1 rings (SSSR count). The van der Waals surface area contributed by atoms with Crippen molar-refractivity contribution in [2.24, 2.45) is 5.73 Å². The number of benzene rings is 1. The van der Waals surface area contributed by atoms with E-state index in [-0.39, 0.29) is 0 Å². The highest BCUT2D eigenvalue weighted by molar-refractivity contribution is 5.23. The van der Waals surface area contributed by atoms with Crippen molar-refractivity contribution in [1.82, 2.24) is 10.2 Å². The maximum Gasteiger partial charge on any atom is 0.0205 e. The van der Waals surface area contributed by atoms with E-state index in [1.54, 1.807) is 0 Å². The van der Waals surface area contributed by atoms with Crippen molar-refractivity contribution >= 4 is 0 Å². The molecule has 0 aromatic heterocycles. The third kappa shape index (κ3) is 5.26. The zero-order valence-electron chi connectivity index (χ0n) is 10.4. The number of hydrogen-bond donors (Lipinski definition) is 2. The molecule has 3 nitrogen and oxygen atoms in total. The second-order valence-electron chi connectivity index (χ2n) is 4.36. The minimum absolute atomic E-state index is 0.620. The summed E-state index contributed by atoms with van der Waals surface area (Å²) in [5.41, 5.74) is 8.12. The lowest BCUT2D eigenvalue weighted by atomic mass is 10.1. The van der Waals surface area contributed by atoms with E-state index < -0.39 is 0 Å². The molecule has 0 saturated heterocycles. The van der Waals surface area contributed by atoms with Gasteiger partial charge < -0.3 is 16.0 Å². The first-order valence-corrected chi connectivity index (χ1v) is 5.85. The van der Waals surface area contributed by atoms with Crippen LogP contribution in [0.15, 0.2) is 24.3 Å². The van der Waals surface area contributed by atoms with E-state index >= 15 is 0 Å². The topological polar surface area (TPSA) is 41.3 Å². The van der Waals surface area contributed by atoms with Gasteiger partial charge in [-0.25, -0.2) is 0 Å². The van der Waals surface area contributed by atoms with Gasteiger partial charge in [0.1, 0.15) is 0 Å². The Morgan fingerprint density at radius 2 is 2.00 bits per heavy atom. The predicted octanol–water partition coefficient (Wildman–Crippen LogP) is 1.19. The summed E-state index contributed by atoms with van der Waals surface area (Å²) >= 11 is 0. The Morgan fingerprint density at radius 1 is 1.25 bits per heavy atom. The summed E-state index contributed by atoms with van der Waals surface area (Å²) in [6, 6.07) is 8.44. The van der Waals surface area contributed by atoms with E-state index in [2.05, 4.69) is 48.6 Å². The van der Waals surface area contributed by atoms with E-state index in [1.807, 2.05) is 0 Å².